The lowest BCUT2D eigenvalue weighted by Crippen LogP contribution is -2.49. The van der Waals surface area contributed by atoms with E-state index in [2.05, 4.69) is 0 Å². The molecule has 1 aliphatic heterocycles. The van der Waals surface area contributed by atoms with Gasteiger partial charge in [0.1, 0.15) is 6.10 Å². The Morgan fingerprint density at radius 2 is 1.90 bits per heavy atom. The normalized spacial score (nSPS) is 25.4. The Morgan fingerprint density at radius 1 is 1.20 bits per heavy atom. The van der Waals surface area contributed by atoms with Crippen LogP contribution in [0, 0.1) is 5.92 Å². The lowest BCUT2D eigenvalue weighted by molar-refractivity contribution is -0.148. The van der Waals surface area contributed by atoms with E-state index in [9.17, 15) is 9.59 Å². The highest BCUT2D eigenvalue weighted by molar-refractivity contribution is 5.82. The van der Waals surface area contributed by atoms with E-state index in [0.717, 1.165) is 38.5 Å². The second-order valence-electron chi connectivity index (χ2n) is 6.02. The van der Waals surface area contributed by atoms with Crippen LogP contribution in [0.3, 0.4) is 0 Å². The van der Waals surface area contributed by atoms with Crippen LogP contribution in [0.1, 0.15) is 51.9 Å². The van der Waals surface area contributed by atoms with Gasteiger partial charge in [-0.15, -0.1) is 0 Å². The Labute approximate surface area is 120 Å². The first kappa shape index (κ1) is 15.3. The summed E-state index contributed by atoms with van der Waals surface area (Å²) in [6.07, 6.45) is 6.79. The van der Waals surface area contributed by atoms with Crippen LogP contribution >= 0.6 is 0 Å². The van der Waals surface area contributed by atoms with Gasteiger partial charge in [-0.1, -0.05) is 26.2 Å². The molecule has 0 bridgehead atoms. The third-order valence-corrected chi connectivity index (χ3v) is 4.40. The van der Waals surface area contributed by atoms with E-state index < -0.39 is 11.9 Å². The fourth-order valence-corrected chi connectivity index (χ4v) is 3.14. The summed E-state index contributed by atoms with van der Waals surface area (Å²) in [5.41, 5.74) is 0. The average molecular weight is 283 g/mol. The highest BCUT2D eigenvalue weighted by Gasteiger charge is 2.34. The molecule has 0 aromatic heterocycles. The van der Waals surface area contributed by atoms with E-state index in [-0.39, 0.29) is 18.1 Å². The van der Waals surface area contributed by atoms with Crippen LogP contribution in [0.4, 0.5) is 0 Å². The highest BCUT2D eigenvalue weighted by atomic mass is 16.5. The molecule has 1 saturated carbocycles. The van der Waals surface area contributed by atoms with Crippen LogP contribution in [0.2, 0.25) is 0 Å². The molecule has 1 saturated heterocycles. The molecule has 0 radical (unpaired) electrons. The summed E-state index contributed by atoms with van der Waals surface area (Å²) in [7, 11) is 0. The number of rotatable bonds is 5. The first-order chi connectivity index (χ1) is 9.59. The third kappa shape index (κ3) is 3.72. The highest BCUT2D eigenvalue weighted by Crippen LogP contribution is 2.26. The minimum Gasteiger partial charge on any atom is -0.481 e. The second kappa shape index (κ2) is 7.07. The summed E-state index contributed by atoms with van der Waals surface area (Å²) in [6.45, 7) is 2.61. The van der Waals surface area contributed by atoms with Gasteiger partial charge in [0.2, 0.25) is 0 Å². The van der Waals surface area contributed by atoms with E-state index in [1.807, 2.05) is 0 Å². The standard InChI is InChI=1S/C15H25NO4/c1-11(15(18)19)10-16(12-6-3-2-4-7-12)14(17)13-8-5-9-20-13/h11-13H,2-10H2,1H3,(H,18,19). The third-order valence-electron chi connectivity index (χ3n) is 4.40. The van der Waals surface area contributed by atoms with Crippen molar-refractivity contribution in [3.8, 4) is 0 Å². The molecule has 2 aliphatic rings. The van der Waals surface area contributed by atoms with Crippen molar-refractivity contribution in [3.05, 3.63) is 0 Å². The number of nitrogens with zero attached hydrogens (tertiary/aromatic N) is 1. The summed E-state index contributed by atoms with van der Waals surface area (Å²) in [5.74, 6) is -1.37. The Balaban J connectivity index is 2.05. The van der Waals surface area contributed by atoms with Crippen LogP contribution in [0.25, 0.3) is 0 Å². The summed E-state index contributed by atoms with van der Waals surface area (Å²) in [5, 5.41) is 9.11. The number of aliphatic carboxylic acids is 1. The lowest BCUT2D eigenvalue weighted by Gasteiger charge is -2.36. The topological polar surface area (TPSA) is 66.8 Å². The molecule has 0 aromatic carbocycles. The maximum atomic E-state index is 12.6. The van der Waals surface area contributed by atoms with E-state index in [1.165, 1.54) is 6.42 Å². The van der Waals surface area contributed by atoms with Crippen LogP contribution < -0.4 is 0 Å². The van der Waals surface area contributed by atoms with Gasteiger partial charge in [0.25, 0.3) is 5.91 Å². The number of carbonyl (C=O) groups excluding carboxylic acids is 1. The average Bonchev–Trinajstić information content (AvgIpc) is 2.98. The summed E-state index contributed by atoms with van der Waals surface area (Å²) in [4.78, 5) is 25.5. The Kier molecular flexibility index (Phi) is 5.40. The van der Waals surface area contributed by atoms with Crippen molar-refractivity contribution in [2.45, 2.75) is 64.0 Å². The zero-order valence-corrected chi connectivity index (χ0v) is 12.2. The molecular weight excluding hydrogens is 258 g/mol. The quantitative estimate of drug-likeness (QED) is 0.838. The molecule has 1 heterocycles. The molecule has 0 aromatic rings. The van der Waals surface area contributed by atoms with Gasteiger partial charge in [0.15, 0.2) is 0 Å². The molecule has 1 amide bonds. The Bertz CT molecular complexity index is 346. The van der Waals surface area contributed by atoms with Gasteiger partial charge in [0, 0.05) is 19.2 Å². The molecule has 5 heteroatoms. The molecule has 2 fully saturated rings. The number of hydrogen-bond donors (Lipinski definition) is 1. The predicted octanol–water partition coefficient (Wildman–Crippen LogP) is 2.05. The fourth-order valence-electron chi connectivity index (χ4n) is 3.14. The first-order valence-corrected chi connectivity index (χ1v) is 7.74. The van der Waals surface area contributed by atoms with Crippen molar-refractivity contribution in [2.75, 3.05) is 13.2 Å². The number of carbonyl (C=O) groups is 2. The zero-order valence-electron chi connectivity index (χ0n) is 12.2. The molecule has 2 rings (SSSR count). The number of ether oxygens (including phenoxy) is 1. The Hall–Kier alpha value is -1.10. The predicted molar refractivity (Wildman–Crippen MR) is 74.4 cm³/mol. The summed E-state index contributed by atoms with van der Waals surface area (Å²) < 4.78 is 5.49. The van der Waals surface area contributed by atoms with Crippen molar-refractivity contribution in [1.29, 1.82) is 0 Å². The van der Waals surface area contributed by atoms with Crippen LogP contribution in [-0.4, -0.2) is 47.2 Å². The molecule has 20 heavy (non-hydrogen) atoms. The van der Waals surface area contributed by atoms with Gasteiger partial charge in [-0.3, -0.25) is 9.59 Å². The number of carboxylic acids is 1. The Morgan fingerprint density at radius 3 is 2.45 bits per heavy atom. The minimum atomic E-state index is -0.842. The van der Waals surface area contributed by atoms with Gasteiger partial charge in [-0.25, -0.2) is 0 Å². The van der Waals surface area contributed by atoms with Gasteiger partial charge >= 0.3 is 5.97 Å². The van der Waals surface area contributed by atoms with Crippen molar-refractivity contribution >= 4 is 11.9 Å². The van der Waals surface area contributed by atoms with Crippen LogP contribution in [0.15, 0.2) is 0 Å². The molecule has 5 nitrogen and oxygen atoms in total. The van der Waals surface area contributed by atoms with Gasteiger partial charge in [0.05, 0.1) is 5.92 Å². The smallest absolute Gasteiger partial charge is 0.308 e. The minimum absolute atomic E-state index is 0.00231. The van der Waals surface area contributed by atoms with Crippen LogP contribution in [0.5, 0.6) is 0 Å². The molecule has 114 valence electrons. The number of hydrogen-bond acceptors (Lipinski definition) is 3. The second-order valence-corrected chi connectivity index (χ2v) is 6.02. The van der Waals surface area contributed by atoms with Crippen molar-refractivity contribution < 1.29 is 19.4 Å². The van der Waals surface area contributed by atoms with Gasteiger partial charge < -0.3 is 14.7 Å². The van der Waals surface area contributed by atoms with E-state index >= 15 is 0 Å². The maximum absolute atomic E-state index is 12.6. The van der Waals surface area contributed by atoms with Crippen molar-refractivity contribution in [3.63, 3.8) is 0 Å². The summed E-state index contributed by atoms with van der Waals surface area (Å²) in [6, 6.07) is 0.197. The van der Waals surface area contributed by atoms with Crippen molar-refractivity contribution in [2.24, 2.45) is 5.92 Å². The molecule has 1 aliphatic carbocycles. The summed E-state index contributed by atoms with van der Waals surface area (Å²) >= 11 is 0. The van der Waals surface area contributed by atoms with E-state index in [1.54, 1.807) is 11.8 Å². The zero-order chi connectivity index (χ0) is 14.5. The first-order valence-electron chi connectivity index (χ1n) is 7.74. The molecule has 2 atom stereocenters. The monoisotopic (exact) mass is 283 g/mol. The van der Waals surface area contributed by atoms with E-state index in [0.29, 0.717) is 13.2 Å². The van der Waals surface area contributed by atoms with Gasteiger partial charge in [-0.2, -0.15) is 0 Å². The van der Waals surface area contributed by atoms with Gasteiger partial charge in [-0.05, 0) is 25.7 Å². The lowest BCUT2D eigenvalue weighted by atomic mass is 9.93. The molecular formula is C15H25NO4. The largest absolute Gasteiger partial charge is 0.481 e. The number of carboxylic acid groups (broad SMARTS) is 1. The van der Waals surface area contributed by atoms with E-state index in [4.69, 9.17) is 9.84 Å². The van der Waals surface area contributed by atoms with Crippen LogP contribution in [-0.2, 0) is 14.3 Å². The molecule has 2 unspecified atom stereocenters. The SMILES string of the molecule is CC(CN(C(=O)C1CCCO1)C1CCCCC1)C(=O)O. The number of amides is 1. The maximum Gasteiger partial charge on any atom is 0.308 e. The molecule has 0 spiro atoms. The molecule has 1 N–H and O–H groups in total. The van der Waals surface area contributed by atoms with Crippen molar-refractivity contribution in [1.82, 2.24) is 4.90 Å². The fraction of sp³-hybridized carbons (Fsp3) is 0.867.